The summed E-state index contributed by atoms with van der Waals surface area (Å²) < 4.78 is 0. The number of pyridine rings is 2. The molecule has 0 aromatic carbocycles. The summed E-state index contributed by atoms with van der Waals surface area (Å²) >= 11 is 5.97. The van der Waals surface area contributed by atoms with Gasteiger partial charge in [-0.25, -0.2) is 0 Å². The van der Waals surface area contributed by atoms with E-state index in [2.05, 4.69) is 15.3 Å². The Bertz CT molecular complexity index is 598. The average molecular weight is 290 g/mol. The van der Waals surface area contributed by atoms with Gasteiger partial charge >= 0.3 is 0 Å². The monoisotopic (exact) mass is 289 g/mol. The zero-order chi connectivity index (χ0) is 14.5. The molecule has 1 atom stereocenters. The fourth-order valence-electron chi connectivity index (χ4n) is 1.87. The number of carbonyl (C=O) groups is 1. The smallest absolute Gasteiger partial charge is 0.253 e. The zero-order valence-electron chi connectivity index (χ0n) is 11.4. The molecule has 0 saturated heterocycles. The Kier molecular flexibility index (Phi) is 4.69. The van der Waals surface area contributed by atoms with Gasteiger partial charge in [-0.3, -0.25) is 14.8 Å². The van der Waals surface area contributed by atoms with Crippen LogP contribution < -0.4 is 5.32 Å². The first kappa shape index (κ1) is 14.5. The van der Waals surface area contributed by atoms with Gasteiger partial charge in [0, 0.05) is 18.6 Å². The van der Waals surface area contributed by atoms with Crippen LogP contribution in [0.3, 0.4) is 0 Å². The maximum atomic E-state index is 12.2. The number of hydrogen-bond donors (Lipinski definition) is 1. The van der Waals surface area contributed by atoms with Crippen LogP contribution >= 0.6 is 11.6 Å². The molecular weight excluding hydrogens is 274 g/mol. The van der Waals surface area contributed by atoms with Gasteiger partial charge in [0.15, 0.2) is 0 Å². The van der Waals surface area contributed by atoms with Crippen molar-refractivity contribution in [1.82, 2.24) is 15.3 Å². The Labute approximate surface area is 123 Å². The SMILES string of the molecule is CCC(NC(=O)c1ccncc1Cl)c1ccc(C)cn1. The van der Waals surface area contributed by atoms with E-state index in [1.807, 2.05) is 26.0 Å². The van der Waals surface area contributed by atoms with Crippen LogP contribution in [0.15, 0.2) is 36.8 Å². The van der Waals surface area contributed by atoms with E-state index in [9.17, 15) is 4.79 Å². The predicted molar refractivity (Wildman–Crippen MR) is 78.7 cm³/mol. The molecule has 4 nitrogen and oxygen atoms in total. The Hall–Kier alpha value is -1.94. The number of hydrogen-bond acceptors (Lipinski definition) is 3. The summed E-state index contributed by atoms with van der Waals surface area (Å²) in [6.45, 7) is 3.98. The summed E-state index contributed by atoms with van der Waals surface area (Å²) in [6.07, 6.45) is 5.56. The van der Waals surface area contributed by atoms with Crippen molar-refractivity contribution in [3.05, 3.63) is 58.6 Å². The van der Waals surface area contributed by atoms with Gasteiger partial charge < -0.3 is 5.32 Å². The highest BCUT2D eigenvalue weighted by atomic mass is 35.5. The van der Waals surface area contributed by atoms with Crippen LogP contribution in [0.25, 0.3) is 0 Å². The van der Waals surface area contributed by atoms with E-state index in [1.165, 1.54) is 6.20 Å². The number of nitrogens with zero attached hydrogens (tertiary/aromatic N) is 2. The van der Waals surface area contributed by atoms with E-state index >= 15 is 0 Å². The molecule has 5 heteroatoms. The lowest BCUT2D eigenvalue weighted by atomic mass is 10.1. The molecule has 2 aromatic heterocycles. The molecule has 0 aliphatic heterocycles. The molecule has 0 bridgehead atoms. The quantitative estimate of drug-likeness (QED) is 0.939. The van der Waals surface area contributed by atoms with Gasteiger partial charge in [-0.15, -0.1) is 0 Å². The summed E-state index contributed by atoms with van der Waals surface area (Å²) in [6, 6.07) is 5.38. The first-order chi connectivity index (χ1) is 9.61. The molecule has 0 fully saturated rings. The summed E-state index contributed by atoms with van der Waals surface area (Å²) in [5.41, 5.74) is 2.36. The normalized spacial score (nSPS) is 11.9. The number of aryl methyl sites for hydroxylation is 1. The number of amides is 1. The lowest BCUT2D eigenvalue weighted by Gasteiger charge is -2.17. The van der Waals surface area contributed by atoms with Gasteiger partial charge in [0.1, 0.15) is 0 Å². The lowest BCUT2D eigenvalue weighted by Crippen LogP contribution is -2.29. The highest BCUT2D eigenvalue weighted by Gasteiger charge is 2.16. The number of nitrogens with one attached hydrogen (secondary N) is 1. The molecule has 1 N–H and O–H groups in total. The Morgan fingerprint density at radius 3 is 2.75 bits per heavy atom. The number of aromatic nitrogens is 2. The molecular formula is C15H16ClN3O. The minimum Gasteiger partial charge on any atom is -0.344 e. The van der Waals surface area contributed by atoms with Crippen molar-refractivity contribution < 1.29 is 4.79 Å². The molecule has 2 heterocycles. The van der Waals surface area contributed by atoms with Gasteiger partial charge in [-0.2, -0.15) is 0 Å². The van der Waals surface area contributed by atoms with Gasteiger partial charge in [-0.1, -0.05) is 24.6 Å². The largest absolute Gasteiger partial charge is 0.344 e. The van der Waals surface area contributed by atoms with Crippen molar-refractivity contribution in [1.29, 1.82) is 0 Å². The van der Waals surface area contributed by atoms with Crippen molar-refractivity contribution >= 4 is 17.5 Å². The van der Waals surface area contributed by atoms with E-state index < -0.39 is 0 Å². The molecule has 0 aliphatic carbocycles. The molecule has 2 rings (SSSR count). The van der Waals surface area contributed by atoms with E-state index in [0.29, 0.717) is 10.6 Å². The molecule has 104 valence electrons. The first-order valence-electron chi connectivity index (χ1n) is 6.44. The van der Waals surface area contributed by atoms with Crippen molar-refractivity contribution in [3.8, 4) is 0 Å². The fourth-order valence-corrected chi connectivity index (χ4v) is 2.07. The zero-order valence-corrected chi connectivity index (χ0v) is 12.2. The maximum Gasteiger partial charge on any atom is 0.253 e. The molecule has 0 aliphatic rings. The van der Waals surface area contributed by atoms with Gasteiger partial charge in [0.2, 0.25) is 0 Å². The summed E-state index contributed by atoms with van der Waals surface area (Å²) in [5.74, 6) is -0.216. The van der Waals surface area contributed by atoms with Crippen molar-refractivity contribution in [3.63, 3.8) is 0 Å². The van der Waals surface area contributed by atoms with Crippen molar-refractivity contribution in [2.45, 2.75) is 26.3 Å². The van der Waals surface area contributed by atoms with Crippen molar-refractivity contribution in [2.75, 3.05) is 0 Å². The van der Waals surface area contributed by atoms with Crippen molar-refractivity contribution in [2.24, 2.45) is 0 Å². The maximum absolute atomic E-state index is 12.2. The summed E-state index contributed by atoms with van der Waals surface area (Å²) in [5, 5.41) is 3.29. The minimum atomic E-state index is -0.216. The molecule has 20 heavy (non-hydrogen) atoms. The molecule has 2 aromatic rings. The second-order valence-corrected chi connectivity index (χ2v) is 4.96. The molecule has 0 spiro atoms. The van der Waals surface area contributed by atoms with Gasteiger partial charge in [0.25, 0.3) is 5.91 Å². The highest BCUT2D eigenvalue weighted by molar-refractivity contribution is 6.33. The van der Waals surface area contributed by atoms with Crippen LogP contribution in [0.5, 0.6) is 0 Å². The van der Waals surface area contributed by atoms with E-state index in [-0.39, 0.29) is 11.9 Å². The highest BCUT2D eigenvalue weighted by Crippen LogP contribution is 2.18. The standard InChI is InChI=1S/C15H16ClN3O/c1-3-13(14-5-4-10(2)8-18-14)19-15(20)11-6-7-17-9-12(11)16/h4-9,13H,3H2,1-2H3,(H,19,20). The molecule has 0 saturated carbocycles. The number of halogens is 1. The predicted octanol–water partition coefficient (Wildman–Crippen LogP) is 3.32. The first-order valence-corrected chi connectivity index (χ1v) is 6.82. The van der Waals surface area contributed by atoms with E-state index in [0.717, 1.165) is 17.7 Å². The third-order valence-electron chi connectivity index (χ3n) is 3.02. The summed E-state index contributed by atoms with van der Waals surface area (Å²) in [7, 11) is 0. The fraction of sp³-hybridized carbons (Fsp3) is 0.267. The molecule has 1 unspecified atom stereocenters. The van der Waals surface area contributed by atoms with Gasteiger partial charge in [-0.05, 0) is 31.0 Å². The Morgan fingerprint density at radius 2 is 2.15 bits per heavy atom. The molecule has 0 radical (unpaired) electrons. The van der Waals surface area contributed by atoms with E-state index in [4.69, 9.17) is 11.6 Å². The third kappa shape index (κ3) is 3.33. The Morgan fingerprint density at radius 1 is 1.35 bits per heavy atom. The van der Waals surface area contributed by atoms with E-state index in [1.54, 1.807) is 18.5 Å². The second-order valence-electron chi connectivity index (χ2n) is 4.55. The lowest BCUT2D eigenvalue weighted by molar-refractivity contribution is 0.0934. The number of rotatable bonds is 4. The van der Waals surface area contributed by atoms with Crippen LogP contribution in [0, 0.1) is 6.92 Å². The topological polar surface area (TPSA) is 54.9 Å². The van der Waals surface area contributed by atoms with Crippen LogP contribution in [0.1, 0.15) is 41.0 Å². The van der Waals surface area contributed by atoms with Crippen LogP contribution in [0.4, 0.5) is 0 Å². The Balaban J connectivity index is 2.16. The van der Waals surface area contributed by atoms with Crippen LogP contribution in [0.2, 0.25) is 5.02 Å². The summed E-state index contributed by atoms with van der Waals surface area (Å²) in [4.78, 5) is 20.5. The van der Waals surface area contributed by atoms with Crippen LogP contribution in [-0.4, -0.2) is 15.9 Å². The third-order valence-corrected chi connectivity index (χ3v) is 3.32. The van der Waals surface area contributed by atoms with Gasteiger partial charge in [0.05, 0.1) is 22.3 Å². The molecule has 1 amide bonds. The minimum absolute atomic E-state index is 0.132. The van der Waals surface area contributed by atoms with Crippen LogP contribution in [-0.2, 0) is 0 Å². The second kappa shape index (κ2) is 6.48. The number of carbonyl (C=O) groups excluding carboxylic acids is 1. The average Bonchev–Trinajstić information content (AvgIpc) is 2.46.